The molecular formula is C28H24N4O8. The van der Waals surface area contributed by atoms with Crippen LogP contribution in [0.4, 0.5) is 11.4 Å². The number of aliphatic carboxylic acids is 2. The molecule has 0 aliphatic carbocycles. The van der Waals surface area contributed by atoms with E-state index in [-0.39, 0.29) is 35.5 Å². The number of non-ortho nitro benzene ring substituents is 2. The quantitative estimate of drug-likeness (QED) is 0.281. The Morgan fingerprint density at radius 1 is 0.825 bits per heavy atom. The third-order valence-electron chi connectivity index (χ3n) is 6.87. The molecule has 0 radical (unpaired) electrons. The van der Waals surface area contributed by atoms with Gasteiger partial charge in [-0.05, 0) is 36.6 Å². The van der Waals surface area contributed by atoms with Crippen LogP contribution in [0.2, 0.25) is 0 Å². The number of carbonyl (C=O) groups is 2. The van der Waals surface area contributed by atoms with Gasteiger partial charge in [0.2, 0.25) is 0 Å². The van der Waals surface area contributed by atoms with Crippen molar-refractivity contribution in [1.29, 1.82) is 0 Å². The zero-order chi connectivity index (χ0) is 29.1. The molecule has 0 unspecified atom stereocenters. The van der Waals surface area contributed by atoms with E-state index >= 15 is 0 Å². The van der Waals surface area contributed by atoms with E-state index in [4.69, 9.17) is 0 Å². The molecule has 2 N–H and O–H groups in total. The second-order valence-corrected chi connectivity index (χ2v) is 9.19. The summed E-state index contributed by atoms with van der Waals surface area (Å²) in [6.07, 6.45) is 1.71. The molecule has 0 bridgehead atoms. The monoisotopic (exact) mass is 544 g/mol. The van der Waals surface area contributed by atoms with Gasteiger partial charge in [-0.15, -0.1) is 0 Å². The Hall–Kier alpha value is -5.39. The minimum atomic E-state index is -1.30. The largest absolute Gasteiger partial charge is 0.478 e. The number of aromatic nitrogens is 1. The lowest BCUT2D eigenvalue weighted by atomic mass is 9.78. The highest BCUT2D eigenvalue weighted by Gasteiger charge is 2.40. The SMILES string of the molecule is CC1=C(C(=O)O)C(c2cccnc2Cc2ccc([N+](=O)[O-])cc2)C(C(=O)O)=C(C)N1Cc1ccc([N+](=O)[O-])cc1. The second-order valence-electron chi connectivity index (χ2n) is 9.19. The Morgan fingerprint density at radius 2 is 1.30 bits per heavy atom. The first-order valence-electron chi connectivity index (χ1n) is 12.1. The summed E-state index contributed by atoms with van der Waals surface area (Å²) in [4.78, 5) is 52.3. The number of nitro groups is 2. The average Bonchev–Trinajstić information content (AvgIpc) is 2.91. The maximum Gasteiger partial charge on any atom is 0.334 e. The molecule has 3 aromatic rings. The molecule has 0 amide bonds. The van der Waals surface area contributed by atoms with E-state index in [1.807, 2.05) is 0 Å². The lowest BCUT2D eigenvalue weighted by molar-refractivity contribution is -0.385. The zero-order valence-corrected chi connectivity index (χ0v) is 21.5. The number of rotatable bonds is 9. The van der Waals surface area contributed by atoms with Crippen molar-refractivity contribution in [3.8, 4) is 0 Å². The Labute approximate surface area is 227 Å². The third-order valence-corrected chi connectivity index (χ3v) is 6.87. The fourth-order valence-corrected chi connectivity index (χ4v) is 4.90. The third kappa shape index (κ3) is 5.41. The highest BCUT2D eigenvalue weighted by atomic mass is 16.6. The molecular weight excluding hydrogens is 520 g/mol. The standard InChI is InChI=1S/C28H24N4O8/c1-16-24(27(33)34)26(22-4-3-13-29-23(22)14-18-5-9-20(10-6-18)31(37)38)25(28(35)36)17(2)30(16)15-19-7-11-21(12-8-19)32(39)40/h3-13,26H,14-15H2,1-2H3,(H,33,34)(H,35,36). The van der Waals surface area contributed by atoms with Crippen LogP contribution in [0, 0.1) is 20.2 Å². The topological polar surface area (TPSA) is 177 Å². The zero-order valence-electron chi connectivity index (χ0n) is 21.5. The normalized spacial score (nSPS) is 13.9. The van der Waals surface area contributed by atoms with Gasteiger partial charge >= 0.3 is 11.9 Å². The molecule has 1 aromatic heterocycles. The van der Waals surface area contributed by atoms with Gasteiger partial charge in [0.15, 0.2) is 0 Å². The highest BCUT2D eigenvalue weighted by molar-refractivity contribution is 5.98. The van der Waals surface area contributed by atoms with Crippen LogP contribution >= 0.6 is 0 Å². The lowest BCUT2D eigenvalue weighted by Gasteiger charge is -2.37. The van der Waals surface area contributed by atoms with Crippen molar-refractivity contribution in [2.75, 3.05) is 0 Å². The van der Waals surface area contributed by atoms with Crippen molar-refractivity contribution in [3.63, 3.8) is 0 Å². The number of hydrogen-bond acceptors (Lipinski definition) is 8. The second kappa shape index (κ2) is 11.2. The van der Waals surface area contributed by atoms with E-state index in [9.17, 15) is 40.0 Å². The minimum absolute atomic E-state index is 0.0798. The van der Waals surface area contributed by atoms with Crippen molar-refractivity contribution >= 4 is 23.3 Å². The van der Waals surface area contributed by atoms with Crippen molar-refractivity contribution in [2.45, 2.75) is 32.7 Å². The van der Waals surface area contributed by atoms with E-state index in [0.717, 1.165) is 0 Å². The first-order valence-corrected chi connectivity index (χ1v) is 12.1. The molecule has 0 spiro atoms. The molecule has 2 heterocycles. The van der Waals surface area contributed by atoms with Gasteiger partial charge in [-0.3, -0.25) is 25.2 Å². The number of pyridine rings is 1. The molecule has 0 fully saturated rings. The Bertz CT molecular complexity index is 1540. The number of allylic oxidation sites excluding steroid dienone is 2. The van der Waals surface area contributed by atoms with Crippen LogP contribution in [0.3, 0.4) is 0 Å². The number of carboxylic acids is 2. The van der Waals surface area contributed by atoms with E-state index < -0.39 is 27.7 Å². The van der Waals surface area contributed by atoms with E-state index in [1.54, 1.807) is 43.0 Å². The average molecular weight is 545 g/mol. The summed E-state index contributed by atoms with van der Waals surface area (Å²) in [6.45, 7) is 3.28. The van der Waals surface area contributed by atoms with Crippen LogP contribution in [0.5, 0.6) is 0 Å². The van der Waals surface area contributed by atoms with E-state index in [1.165, 1.54) is 42.6 Å². The van der Waals surface area contributed by atoms with Gasteiger partial charge in [-0.1, -0.05) is 30.3 Å². The smallest absolute Gasteiger partial charge is 0.334 e. The van der Waals surface area contributed by atoms with Crippen LogP contribution < -0.4 is 0 Å². The molecule has 0 saturated heterocycles. The molecule has 0 atom stereocenters. The first kappa shape index (κ1) is 27.6. The molecule has 0 saturated carbocycles. The van der Waals surface area contributed by atoms with Crippen LogP contribution in [0.15, 0.2) is 89.4 Å². The summed E-state index contributed by atoms with van der Waals surface area (Å²) in [5.41, 5.74) is 2.32. The molecule has 12 heteroatoms. The van der Waals surface area contributed by atoms with Crippen molar-refractivity contribution < 1.29 is 29.6 Å². The maximum atomic E-state index is 12.7. The minimum Gasteiger partial charge on any atom is -0.478 e. The maximum absolute atomic E-state index is 12.7. The van der Waals surface area contributed by atoms with Gasteiger partial charge in [0.25, 0.3) is 11.4 Å². The number of carboxylic acid groups (broad SMARTS) is 2. The number of nitro benzene ring substituents is 2. The van der Waals surface area contributed by atoms with Gasteiger partial charge in [-0.25, -0.2) is 9.59 Å². The fourth-order valence-electron chi connectivity index (χ4n) is 4.90. The molecule has 4 rings (SSSR count). The van der Waals surface area contributed by atoms with Crippen molar-refractivity contribution in [3.05, 3.63) is 132 Å². The predicted octanol–water partition coefficient (Wildman–Crippen LogP) is 4.81. The fraction of sp³-hybridized carbons (Fsp3) is 0.179. The molecule has 12 nitrogen and oxygen atoms in total. The molecule has 1 aliphatic rings. The number of benzene rings is 2. The number of nitrogens with zero attached hydrogens (tertiary/aromatic N) is 4. The Balaban J connectivity index is 1.80. The predicted molar refractivity (Wildman–Crippen MR) is 142 cm³/mol. The van der Waals surface area contributed by atoms with E-state index in [0.29, 0.717) is 33.8 Å². The highest BCUT2D eigenvalue weighted by Crippen LogP contribution is 2.43. The summed E-state index contributed by atoms with van der Waals surface area (Å²) in [5, 5.41) is 42.7. The summed E-state index contributed by atoms with van der Waals surface area (Å²) in [6, 6.07) is 14.8. The van der Waals surface area contributed by atoms with Gasteiger partial charge < -0.3 is 15.1 Å². The van der Waals surface area contributed by atoms with Gasteiger partial charge in [-0.2, -0.15) is 0 Å². The summed E-state index contributed by atoms with van der Waals surface area (Å²) >= 11 is 0. The van der Waals surface area contributed by atoms with Crippen LogP contribution in [0.25, 0.3) is 0 Å². The summed E-state index contributed by atoms with van der Waals surface area (Å²) < 4.78 is 0. The molecule has 1 aliphatic heterocycles. The van der Waals surface area contributed by atoms with Crippen LogP contribution in [-0.2, 0) is 22.6 Å². The molecule has 40 heavy (non-hydrogen) atoms. The molecule has 204 valence electrons. The Kier molecular flexibility index (Phi) is 7.71. The first-order chi connectivity index (χ1) is 19.0. The van der Waals surface area contributed by atoms with Gasteiger partial charge in [0.1, 0.15) is 0 Å². The summed E-state index contributed by atoms with van der Waals surface area (Å²) in [5.74, 6) is -3.75. The Morgan fingerprint density at radius 3 is 1.75 bits per heavy atom. The lowest BCUT2D eigenvalue weighted by Crippen LogP contribution is -2.34. The molecule has 2 aromatic carbocycles. The van der Waals surface area contributed by atoms with Crippen molar-refractivity contribution in [2.24, 2.45) is 0 Å². The van der Waals surface area contributed by atoms with Crippen LogP contribution in [0.1, 0.15) is 42.1 Å². The number of hydrogen-bond donors (Lipinski definition) is 2. The van der Waals surface area contributed by atoms with Gasteiger partial charge in [0.05, 0.1) is 26.9 Å². The summed E-state index contributed by atoms with van der Waals surface area (Å²) in [7, 11) is 0. The van der Waals surface area contributed by atoms with Gasteiger partial charge in [0, 0.05) is 60.5 Å². The van der Waals surface area contributed by atoms with E-state index in [2.05, 4.69) is 4.98 Å². The van der Waals surface area contributed by atoms with Crippen molar-refractivity contribution in [1.82, 2.24) is 9.88 Å². The van der Waals surface area contributed by atoms with Crippen LogP contribution in [-0.4, -0.2) is 41.9 Å².